The number of hydrazine groups is 1. The lowest BCUT2D eigenvalue weighted by Crippen LogP contribution is -2.31. The summed E-state index contributed by atoms with van der Waals surface area (Å²) in [5, 5.41) is 0. The SMILES string of the molecule is NNC(=O)CC1CCCCCCCCCC1. The first kappa shape index (κ1) is 13.5. The van der Waals surface area contributed by atoms with Gasteiger partial charge in [0.25, 0.3) is 0 Å². The summed E-state index contributed by atoms with van der Waals surface area (Å²) in [6.07, 6.45) is 13.8. The maximum Gasteiger partial charge on any atom is 0.234 e. The van der Waals surface area contributed by atoms with Crippen LogP contribution in [0.4, 0.5) is 0 Å². The Morgan fingerprint density at radius 2 is 1.38 bits per heavy atom. The van der Waals surface area contributed by atoms with Crippen molar-refractivity contribution in [2.45, 2.75) is 70.6 Å². The molecule has 1 rings (SSSR count). The number of carbonyl (C=O) groups excluding carboxylic acids is 1. The third-order valence-corrected chi connectivity index (χ3v) is 3.61. The lowest BCUT2D eigenvalue weighted by Gasteiger charge is -2.15. The van der Waals surface area contributed by atoms with Gasteiger partial charge in [0.15, 0.2) is 0 Å². The van der Waals surface area contributed by atoms with Crippen LogP contribution in [0.15, 0.2) is 0 Å². The van der Waals surface area contributed by atoms with Crippen LogP contribution < -0.4 is 11.3 Å². The van der Waals surface area contributed by atoms with Gasteiger partial charge in [-0.15, -0.1) is 0 Å². The molecule has 0 atom stereocenters. The number of hydrogen-bond donors (Lipinski definition) is 2. The molecule has 0 aromatic heterocycles. The molecule has 16 heavy (non-hydrogen) atoms. The summed E-state index contributed by atoms with van der Waals surface area (Å²) in [4.78, 5) is 11.3. The highest BCUT2D eigenvalue weighted by atomic mass is 16.2. The first-order valence-electron chi connectivity index (χ1n) is 6.82. The van der Waals surface area contributed by atoms with Crippen LogP contribution in [0.1, 0.15) is 70.6 Å². The van der Waals surface area contributed by atoms with Gasteiger partial charge in [0.2, 0.25) is 5.91 Å². The largest absolute Gasteiger partial charge is 0.294 e. The topological polar surface area (TPSA) is 55.1 Å². The highest BCUT2D eigenvalue weighted by molar-refractivity contribution is 5.75. The molecule has 3 nitrogen and oxygen atoms in total. The van der Waals surface area contributed by atoms with E-state index in [9.17, 15) is 4.79 Å². The average molecular weight is 226 g/mol. The predicted octanol–water partition coefficient (Wildman–Crippen LogP) is 2.90. The van der Waals surface area contributed by atoms with Crippen molar-refractivity contribution in [1.29, 1.82) is 0 Å². The van der Waals surface area contributed by atoms with Crippen LogP contribution in [0.5, 0.6) is 0 Å². The number of nitrogens with two attached hydrogens (primary N) is 1. The van der Waals surface area contributed by atoms with Crippen LogP contribution in [0.25, 0.3) is 0 Å². The van der Waals surface area contributed by atoms with Crippen molar-refractivity contribution in [3.63, 3.8) is 0 Å². The van der Waals surface area contributed by atoms with Gasteiger partial charge in [-0.05, 0) is 18.8 Å². The second-order valence-corrected chi connectivity index (χ2v) is 5.04. The summed E-state index contributed by atoms with van der Waals surface area (Å²) in [7, 11) is 0. The van der Waals surface area contributed by atoms with E-state index in [1.165, 1.54) is 64.2 Å². The molecule has 1 amide bonds. The van der Waals surface area contributed by atoms with Crippen molar-refractivity contribution in [1.82, 2.24) is 5.43 Å². The van der Waals surface area contributed by atoms with Gasteiger partial charge in [-0.3, -0.25) is 10.2 Å². The van der Waals surface area contributed by atoms with Crippen LogP contribution in [-0.2, 0) is 4.79 Å². The van der Waals surface area contributed by atoms with Gasteiger partial charge in [0.1, 0.15) is 0 Å². The molecule has 94 valence electrons. The summed E-state index contributed by atoms with van der Waals surface area (Å²) in [5.74, 6) is 5.70. The molecule has 0 saturated heterocycles. The highest BCUT2D eigenvalue weighted by Gasteiger charge is 2.13. The first-order valence-corrected chi connectivity index (χ1v) is 6.82. The van der Waals surface area contributed by atoms with E-state index < -0.39 is 0 Å². The molecule has 3 heteroatoms. The normalized spacial score (nSPS) is 21.1. The fraction of sp³-hybridized carbons (Fsp3) is 0.923. The first-order chi connectivity index (χ1) is 7.83. The van der Waals surface area contributed by atoms with Crippen LogP contribution >= 0.6 is 0 Å². The maximum absolute atomic E-state index is 11.3. The van der Waals surface area contributed by atoms with Gasteiger partial charge in [0, 0.05) is 6.42 Å². The molecule has 0 aromatic carbocycles. The summed E-state index contributed by atoms with van der Waals surface area (Å²) in [6.45, 7) is 0. The molecule has 0 aromatic rings. The Kier molecular flexibility index (Phi) is 7.23. The molecular formula is C13H26N2O. The number of amides is 1. The number of rotatable bonds is 2. The van der Waals surface area contributed by atoms with Crippen LogP contribution in [-0.4, -0.2) is 5.91 Å². The quantitative estimate of drug-likeness (QED) is 0.432. The Balaban J connectivity index is 2.30. The second-order valence-electron chi connectivity index (χ2n) is 5.04. The maximum atomic E-state index is 11.3. The van der Waals surface area contributed by atoms with Crippen molar-refractivity contribution in [3.05, 3.63) is 0 Å². The van der Waals surface area contributed by atoms with E-state index in [1.54, 1.807) is 0 Å². The zero-order chi connectivity index (χ0) is 11.6. The Bertz CT molecular complexity index is 182. The lowest BCUT2D eigenvalue weighted by atomic mass is 9.92. The van der Waals surface area contributed by atoms with E-state index in [0.717, 1.165) is 0 Å². The molecule has 1 saturated carbocycles. The molecule has 1 fully saturated rings. The van der Waals surface area contributed by atoms with Gasteiger partial charge >= 0.3 is 0 Å². The van der Waals surface area contributed by atoms with E-state index in [4.69, 9.17) is 5.84 Å². The Hall–Kier alpha value is -0.570. The third kappa shape index (κ3) is 6.11. The number of hydrogen-bond acceptors (Lipinski definition) is 2. The Morgan fingerprint density at radius 3 is 1.81 bits per heavy atom. The van der Waals surface area contributed by atoms with Crippen LogP contribution in [0.2, 0.25) is 0 Å². The monoisotopic (exact) mass is 226 g/mol. The molecule has 0 radical (unpaired) electrons. The molecule has 1 aliphatic carbocycles. The van der Waals surface area contributed by atoms with Crippen molar-refractivity contribution in [2.75, 3.05) is 0 Å². The molecule has 3 N–H and O–H groups in total. The van der Waals surface area contributed by atoms with Gasteiger partial charge in [-0.1, -0.05) is 51.4 Å². The summed E-state index contributed by atoms with van der Waals surface area (Å²) < 4.78 is 0. The lowest BCUT2D eigenvalue weighted by molar-refractivity contribution is -0.122. The fourth-order valence-electron chi connectivity index (χ4n) is 2.60. The fourth-order valence-corrected chi connectivity index (χ4v) is 2.60. The van der Waals surface area contributed by atoms with Crippen LogP contribution in [0, 0.1) is 5.92 Å². The standard InChI is InChI=1S/C13H26N2O/c14-15-13(16)11-12-9-7-5-3-1-2-4-6-8-10-12/h12H,1-11,14H2,(H,15,16). The van der Waals surface area contributed by atoms with Crippen molar-refractivity contribution in [3.8, 4) is 0 Å². The summed E-state index contributed by atoms with van der Waals surface area (Å²) >= 11 is 0. The molecular weight excluding hydrogens is 200 g/mol. The van der Waals surface area contributed by atoms with Crippen molar-refractivity contribution < 1.29 is 4.79 Å². The predicted molar refractivity (Wildman–Crippen MR) is 66.6 cm³/mol. The summed E-state index contributed by atoms with van der Waals surface area (Å²) in [5.41, 5.74) is 2.25. The zero-order valence-corrected chi connectivity index (χ0v) is 10.3. The smallest absolute Gasteiger partial charge is 0.234 e. The Labute approximate surface area is 99.1 Å². The molecule has 1 aliphatic rings. The zero-order valence-electron chi connectivity index (χ0n) is 10.3. The molecule has 0 heterocycles. The van der Waals surface area contributed by atoms with E-state index in [2.05, 4.69) is 5.43 Å². The molecule has 0 bridgehead atoms. The van der Waals surface area contributed by atoms with Crippen molar-refractivity contribution in [2.24, 2.45) is 11.8 Å². The average Bonchev–Trinajstić information content (AvgIpc) is 2.35. The van der Waals surface area contributed by atoms with Gasteiger partial charge < -0.3 is 0 Å². The highest BCUT2D eigenvalue weighted by Crippen LogP contribution is 2.23. The van der Waals surface area contributed by atoms with Gasteiger partial charge in [0.05, 0.1) is 0 Å². The minimum Gasteiger partial charge on any atom is -0.294 e. The minimum atomic E-state index is -0.000119. The van der Waals surface area contributed by atoms with E-state index in [0.29, 0.717) is 12.3 Å². The Morgan fingerprint density at radius 1 is 0.938 bits per heavy atom. The van der Waals surface area contributed by atoms with Crippen LogP contribution in [0.3, 0.4) is 0 Å². The summed E-state index contributed by atoms with van der Waals surface area (Å²) in [6, 6.07) is 0. The van der Waals surface area contributed by atoms with E-state index in [1.807, 2.05) is 0 Å². The van der Waals surface area contributed by atoms with Gasteiger partial charge in [-0.2, -0.15) is 0 Å². The molecule has 0 spiro atoms. The van der Waals surface area contributed by atoms with E-state index >= 15 is 0 Å². The number of carbonyl (C=O) groups is 1. The van der Waals surface area contributed by atoms with E-state index in [-0.39, 0.29) is 5.91 Å². The third-order valence-electron chi connectivity index (χ3n) is 3.61. The minimum absolute atomic E-state index is 0.000119. The number of nitrogens with one attached hydrogen (secondary N) is 1. The molecule has 0 aliphatic heterocycles. The second kappa shape index (κ2) is 8.57. The van der Waals surface area contributed by atoms with Gasteiger partial charge in [-0.25, -0.2) is 5.84 Å². The van der Waals surface area contributed by atoms with Crippen molar-refractivity contribution >= 4 is 5.91 Å². The molecule has 0 unspecified atom stereocenters.